The summed E-state index contributed by atoms with van der Waals surface area (Å²) in [5.74, 6) is 0.455. The number of hydrogen-bond acceptors (Lipinski definition) is 3. The third-order valence-corrected chi connectivity index (χ3v) is 5.82. The summed E-state index contributed by atoms with van der Waals surface area (Å²) in [6.45, 7) is 2.09. The predicted octanol–water partition coefficient (Wildman–Crippen LogP) is 1.83. The first-order valence-electron chi connectivity index (χ1n) is 8.94. The van der Waals surface area contributed by atoms with Gasteiger partial charge in [-0.3, -0.25) is 9.59 Å². The molecule has 128 valence electrons. The fourth-order valence-electron chi connectivity index (χ4n) is 4.49. The molecule has 2 atom stereocenters. The smallest absolute Gasteiger partial charge is 0.251 e. The first kappa shape index (κ1) is 15.6. The number of hydrogen-bond donors (Lipinski definition) is 1. The molecular formula is C19H24N2O3. The van der Waals surface area contributed by atoms with Crippen LogP contribution in [0, 0.1) is 0 Å². The molecule has 5 heteroatoms. The number of rotatable bonds is 2. The zero-order valence-corrected chi connectivity index (χ0v) is 13.9. The van der Waals surface area contributed by atoms with Crippen LogP contribution in [0.3, 0.4) is 0 Å². The minimum absolute atomic E-state index is 0.128. The van der Waals surface area contributed by atoms with E-state index in [1.165, 1.54) is 5.56 Å². The van der Waals surface area contributed by atoms with E-state index in [0.29, 0.717) is 26.1 Å². The first-order valence-corrected chi connectivity index (χ1v) is 8.94. The Morgan fingerprint density at radius 2 is 1.96 bits per heavy atom. The van der Waals surface area contributed by atoms with Crippen molar-refractivity contribution in [3.05, 3.63) is 35.9 Å². The molecule has 4 rings (SSSR count). The van der Waals surface area contributed by atoms with Crippen LogP contribution in [0.1, 0.15) is 43.6 Å². The molecule has 1 aromatic carbocycles. The van der Waals surface area contributed by atoms with Gasteiger partial charge in [-0.2, -0.15) is 0 Å². The summed E-state index contributed by atoms with van der Waals surface area (Å²) >= 11 is 0. The van der Waals surface area contributed by atoms with Gasteiger partial charge in [-0.25, -0.2) is 0 Å². The molecule has 3 aliphatic rings. The van der Waals surface area contributed by atoms with Crippen molar-refractivity contribution in [2.45, 2.75) is 49.7 Å². The van der Waals surface area contributed by atoms with Gasteiger partial charge in [0.2, 0.25) is 5.91 Å². The topological polar surface area (TPSA) is 58.6 Å². The van der Waals surface area contributed by atoms with Crippen molar-refractivity contribution in [1.82, 2.24) is 10.2 Å². The zero-order valence-electron chi connectivity index (χ0n) is 13.9. The van der Waals surface area contributed by atoms with Crippen LogP contribution in [-0.2, 0) is 14.3 Å². The van der Waals surface area contributed by atoms with Crippen molar-refractivity contribution in [2.75, 3.05) is 19.7 Å². The van der Waals surface area contributed by atoms with Crippen LogP contribution in [0.5, 0.6) is 0 Å². The quantitative estimate of drug-likeness (QED) is 0.901. The Bertz CT molecular complexity index is 617. The first-order chi connectivity index (χ1) is 11.7. The van der Waals surface area contributed by atoms with E-state index in [9.17, 15) is 9.59 Å². The Morgan fingerprint density at radius 3 is 2.62 bits per heavy atom. The molecule has 0 radical (unpaired) electrons. The highest BCUT2D eigenvalue weighted by molar-refractivity contribution is 5.83. The maximum Gasteiger partial charge on any atom is 0.251 e. The van der Waals surface area contributed by atoms with Crippen LogP contribution in [0.4, 0.5) is 0 Å². The maximum absolute atomic E-state index is 12.5. The van der Waals surface area contributed by atoms with E-state index in [1.54, 1.807) is 0 Å². The highest BCUT2D eigenvalue weighted by Gasteiger charge is 2.49. The normalized spacial score (nSPS) is 29.0. The van der Waals surface area contributed by atoms with E-state index < -0.39 is 0 Å². The number of nitrogens with one attached hydrogen (secondary N) is 1. The molecular weight excluding hydrogens is 304 g/mol. The second-order valence-corrected chi connectivity index (χ2v) is 7.20. The highest BCUT2D eigenvalue weighted by Crippen LogP contribution is 2.43. The molecule has 3 saturated heterocycles. The molecule has 5 nitrogen and oxygen atoms in total. The lowest BCUT2D eigenvalue weighted by Crippen LogP contribution is -2.55. The molecule has 0 unspecified atom stereocenters. The number of ether oxygens (including phenoxy) is 1. The number of carbonyl (C=O) groups is 2. The summed E-state index contributed by atoms with van der Waals surface area (Å²) in [7, 11) is 0. The molecule has 0 bridgehead atoms. The molecule has 1 aromatic rings. The monoisotopic (exact) mass is 328 g/mol. The molecule has 1 N–H and O–H groups in total. The largest absolute Gasteiger partial charge is 0.368 e. The Labute approximate surface area is 142 Å². The lowest BCUT2D eigenvalue weighted by molar-refractivity contribution is -0.142. The predicted molar refractivity (Wildman–Crippen MR) is 89.5 cm³/mol. The Morgan fingerprint density at radius 1 is 1.21 bits per heavy atom. The number of nitrogens with zero attached hydrogens (tertiary/aromatic N) is 1. The van der Waals surface area contributed by atoms with Crippen molar-refractivity contribution in [3.63, 3.8) is 0 Å². The average molecular weight is 328 g/mol. The van der Waals surface area contributed by atoms with E-state index in [-0.39, 0.29) is 29.4 Å². The third kappa shape index (κ3) is 2.71. The van der Waals surface area contributed by atoms with E-state index in [2.05, 4.69) is 17.4 Å². The van der Waals surface area contributed by atoms with Gasteiger partial charge in [-0.05, 0) is 31.2 Å². The number of benzene rings is 1. The standard InChI is InChI=1S/C19H24N2O3/c22-17-13-15(14-5-2-1-3-6-14)19(20-17)8-10-21(11-9-19)18(23)16-7-4-12-24-16/h1-3,5-6,15-16H,4,7-13H2,(H,20,22)/t15-,16+/m0/s1. The molecule has 3 heterocycles. The molecule has 0 saturated carbocycles. The molecule has 1 spiro atoms. The van der Waals surface area contributed by atoms with Gasteiger partial charge < -0.3 is 15.0 Å². The molecule has 24 heavy (non-hydrogen) atoms. The molecule has 2 amide bonds. The minimum Gasteiger partial charge on any atom is -0.368 e. The number of carbonyl (C=O) groups excluding carboxylic acids is 2. The summed E-state index contributed by atoms with van der Waals surface area (Å²) in [5, 5.41) is 3.24. The van der Waals surface area contributed by atoms with Gasteiger partial charge in [-0.1, -0.05) is 30.3 Å². The van der Waals surface area contributed by atoms with Crippen LogP contribution in [-0.4, -0.2) is 48.1 Å². The van der Waals surface area contributed by atoms with E-state index in [1.807, 2.05) is 23.1 Å². The summed E-state index contributed by atoms with van der Waals surface area (Å²) in [5.41, 5.74) is 1.01. The Balaban J connectivity index is 1.48. The number of likely N-dealkylation sites (tertiary alicyclic amines) is 1. The van der Waals surface area contributed by atoms with Crippen molar-refractivity contribution < 1.29 is 14.3 Å². The van der Waals surface area contributed by atoms with Crippen molar-refractivity contribution in [2.24, 2.45) is 0 Å². The molecule has 3 fully saturated rings. The Kier molecular flexibility index (Phi) is 4.04. The van der Waals surface area contributed by atoms with Gasteiger partial charge in [0, 0.05) is 32.0 Å². The lowest BCUT2D eigenvalue weighted by Gasteiger charge is -2.43. The van der Waals surface area contributed by atoms with Crippen LogP contribution >= 0.6 is 0 Å². The van der Waals surface area contributed by atoms with E-state index >= 15 is 0 Å². The maximum atomic E-state index is 12.5. The van der Waals surface area contributed by atoms with Crippen LogP contribution in [0.2, 0.25) is 0 Å². The van der Waals surface area contributed by atoms with Crippen molar-refractivity contribution >= 4 is 11.8 Å². The van der Waals surface area contributed by atoms with Crippen molar-refractivity contribution in [3.8, 4) is 0 Å². The zero-order chi connectivity index (χ0) is 16.6. The summed E-state index contributed by atoms with van der Waals surface area (Å²) in [6, 6.07) is 10.3. The summed E-state index contributed by atoms with van der Waals surface area (Å²) in [6.07, 6.45) is 3.74. The number of piperidine rings is 1. The second kappa shape index (κ2) is 6.20. The van der Waals surface area contributed by atoms with Gasteiger partial charge in [0.15, 0.2) is 0 Å². The summed E-state index contributed by atoms with van der Waals surface area (Å²) < 4.78 is 5.53. The van der Waals surface area contributed by atoms with E-state index in [0.717, 1.165) is 25.7 Å². The second-order valence-electron chi connectivity index (χ2n) is 7.20. The average Bonchev–Trinajstić information content (AvgIpc) is 3.24. The molecule has 0 aromatic heterocycles. The number of amides is 2. The Hall–Kier alpha value is -1.88. The molecule has 3 aliphatic heterocycles. The van der Waals surface area contributed by atoms with E-state index in [4.69, 9.17) is 4.74 Å². The van der Waals surface area contributed by atoms with Gasteiger partial charge >= 0.3 is 0 Å². The van der Waals surface area contributed by atoms with Crippen LogP contribution < -0.4 is 5.32 Å². The van der Waals surface area contributed by atoms with Gasteiger partial charge in [0.1, 0.15) is 6.10 Å². The van der Waals surface area contributed by atoms with Gasteiger partial charge in [0.05, 0.1) is 5.54 Å². The molecule has 0 aliphatic carbocycles. The van der Waals surface area contributed by atoms with Crippen LogP contribution in [0.25, 0.3) is 0 Å². The fourth-order valence-corrected chi connectivity index (χ4v) is 4.49. The SMILES string of the molecule is O=C1C[C@@H](c2ccccc2)C2(CCN(C(=O)[C@H]3CCCO3)CC2)N1. The fraction of sp³-hybridized carbons (Fsp3) is 0.579. The lowest BCUT2D eigenvalue weighted by atomic mass is 9.74. The summed E-state index contributed by atoms with van der Waals surface area (Å²) in [4.78, 5) is 26.6. The van der Waals surface area contributed by atoms with Crippen molar-refractivity contribution in [1.29, 1.82) is 0 Å². The minimum atomic E-state index is -0.248. The van der Waals surface area contributed by atoms with Gasteiger partial charge in [-0.15, -0.1) is 0 Å². The highest BCUT2D eigenvalue weighted by atomic mass is 16.5. The van der Waals surface area contributed by atoms with Gasteiger partial charge in [0.25, 0.3) is 5.91 Å². The van der Waals surface area contributed by atoms with Crippen LogP contribution in [0.15, 0.2) is 30.3 Å². The third-order valence-electron chi connectivity index (χ3n) is 5.82.